The fourth-order valence-electron chi connectivity index (χ4n) is 2.38. The quantitative estimate of drug-likeness (QED) is 0.224. The molecular weight excluding hydrogens is 382 g/mol. The molecule has 0 aliphatic rings. The summed E-state index contributed by atoms with van der Waals surface area (Å²) in [7, 11) is 1.57. The molecule has 0 rings (SSSR count). The minimum atomic E-state index is -1.09. The first-order valence-electron chi connectivity index (χ1n) is 9.87. The van der Waals surface area contributed by atoms with Crippen LogP contribution in [0.25, 0.3) is 0 Å². The second-order valence-corrected chi connectivity index (χ2v) is 9.95. The number of nitrogens with one attached hydrogen (secondary N) is 2. The maximum atomic E-state index is 9.70. The van der Waals surface area contributed by atoms with Gasteiger partial charge < -0.3 is 16.2 Å². The van der Waals surface area contributed by atoms with E-state index in [9.17, 15) is 5.26 Å². The summed E-state index contributed by atoms with van der Waals surface area (Å²) in [4.78, 5) is 0. The van der Waals surface area contributed by atoms with E-state index in [0.29, 0.717) is 19.3 Å². The van der Waals surface area contributed by atoms with Crippen LogP contribution in [0.4, 0.5) is 0 Å². The summed E-state index contributed by atoms with van der Waals surface area (Å²) in [6.07, 6.45) is 1.10. The van der Waals surface area contributed by atoms with E-state index < -0.39 is 27.8 Å². The van der Waals surface area contributed by atoms with Crippen molar-refractivity contribution in [3.63, 3.8) is 0 Å². The zero-order chi connectivity index (χ0) is 24.0. The number of amidine groups is 2. The minimum absolute atomic E-state index is 0.132. The summed E-state index contributed by atoms with van der Waals surface area (Å²) in [6, 6.07) is 2.23. The molecule has 0 fully saturated rings. The number of methoxy groups -OCH3 is 1. The zero-order valence-corrected chi connectivity index (χ0v) is 19.9. The van der Waals surface area contributed by atoms with E-state index in [1.807, 2.05) is 27.7 Å². The third-order valence-corrected chi connectivity index (χ3v) is 4.92. The molecule has 0 bridgehead atoms. The number of nitriles is 1. The highest BCUT2D eigenvalue weighted by Gasteiger charge is 2.39. The smallest absolute Gasteiger partial charge is 0.167 e. The summed E-state index contributed by atoms with van der Waals surface area (Å²) < 4.78 is 5.74. The molecule has 0 aliphatic heterocycles. The summed E-state index contributed by atoms with van der Waals surface area (Å²) in [5.74, 6) is -0.285. The van der Waals surface area contributed by atoms with E-state index in [4.69, 9.17) is 27.0 Å². The van der Waals surface area contributed by atoms with E-state index in [2.05, 4.69) is 26.5 Å². The van der Waals surface area contributed by atoms with Gasteiger partial charge in [0.15, 0.2) is 5.54 Å². The van der Waals surface area contributed by atoms with Crippen molar-refractivity contribution in [1.82, 2.24) is 0 Å². The Kier molecular flexibility index (Phi) is 8.83. The Morgan fingerprint density at radius 1 is 0.867 bits per heavy atom. The largest absolute Gasteiger partial charge is 0.386 e. The summed E-state index contributed by atoms with van der Waals surface area (Å²) in [6.45, 7) is 14.4. The average molecular weight is 422 g/mol. The van der Waals surface area contributed by atoms with Gasteiger partial charge in [-0.1, -0.05) is 0 Å². The third kappa shape index (κ3) is 8.53. The molecule has 170 valence electrons. The number of rotatable bonds is 11. The molecule has 0 aliphatic carbocycles. The molecule has 10 nitrogen and oxygen atoms in total. The van der Waals surface area contributed by atoms with Crippen LogP contribution in [0.2, 0.25) is 0 Å². The van der Waals surface area contributed by atoms with Crippen molar-refractivity contribution in [3.8, 4) is 6.07 Å². The molecule has 0 amide bonds. The molecule has 0 saturated heterocycles. The lowest BCUT2D eigenvalue weighted by atomic mass is 9.81. The Hall–Kier alpha value is -2.41. The Balaban J connectivity index is 5.66. The van der Waals surface area contributed by atoms with E-state index in [0.717, 1.165) is 0 Å². The van der Waals surface area contributed by atoms with Crippen LogP contribution in [0, 0.1) is 22.1 Å². The van der Waals surface area contributed by atoms with Gasteiger partial charge in [0.2, 0.25) is 0 Å². The van der Waals surface area contributed by atoms with E-state index in [1.165, 1.54) is 0 Å². The van der Waals surface area contributed by atoms with Crippen LogP contribution in [-0.4, -0.2) is 46.5 Å². The number of nitrogens with two attached hydrogens (primary N) is 2. The Bertz CT molecular complexity index is 732. The lowest BCUT2D eigenvalue weighted by Crippen LogP contribution is -2.44. The van der Waals surface area contributed by atoms with Gasteiger partial charge in [-0.15, -0.1) is 0 Å². The fourth-order valence-corrected chi connectivity index (χ4v) is 2.38. The molecule has 0 heterocycles. The topological polar surface area (TPSA) is 182 Å². The Labute approximate surface area is 180 Å². The first-order valence-corrected chi connectivity index (χ1v) is 9.87. The number of azo groups is 2. The van der Waals surface area contributed by atoms with Crippen molar-refractivity contribution in [2.24, 2.45) is 31.9 Å². The summed E-state index contributed by atoms with van der Waals surface area (Å²) >= 11 is 0. The first-order chi connectivity index (χ1) is 13.3. The lowest BCUT2D eigenvalue weighted by Gasteiger charge is -2.35. The second kappa shape index (κ2) is 9.60. The van der Waals surface area contributed by atoms with E-state index >= 15 is 0 Å². The standard InChI is InChI=1S/C20H39N9O/c1-16(2,3)26-28-18(6,13-21)12-19(7,30-9)10-11-20(8,15(24)25)29-27-17(4,5)14(22)23/h10-12H2,1-9H3,(H3,22,23)(H3,24,25). The van der Waals surface area contributed by atoms with Crippen LogP contribution in [0.5, 0.6) is 0 Å². The number of nitrogens with zero attached hydrogens (tertiary/aromatic N) is 5. The highest BCUT2D eigenvalue weighted by molar-refractivity contribution is 5.87. The van der Waals surface area contributed by atoms with Crippen LogP contribution in [-0.2, 0) is 4.74 Å². The lowest BCUT2D eigenvalue weighted by molar-refractivity contribution is -0.0219. The first kappa shape index (κ1) is 27.6. The van der Waals surface area contributed by atoms with Gasteiger partial charge in [0, 0.05) is 13.5 Å². The molecule has 0 radical (unpaired) electrons. The second-order valence-electron chi connectivity index (χ2n) is 9.95. The van der Waals surface area contributed by atoms with Crippen molar-refractivity contribution in [3.05, 3.63) is 0 Å². The summed E-state index contributed by atoms with van der Waals surface area (Å²) in [5, 5.41) is 42.3. The van der Waals surface area contributed by atoms with Gasteiger partial charge in [-0.05, 0) is 68.2 Å². The minimum Gasteiger partial charge on any atom is -0.386 e. The van der Waals surface area contributed by atoms with Crippen LogP contribution < -0.4 is 11.5 Å². The van der Waals surface area contributed by atoms with Crippen molar-refractivity contribution in [2.45, 2.75) is 102 Å². The predicted octanol–water partition coefficient (Wildman–Crippen LogP) is 3.96. The maximum Gasteiger partial charge on any atom is 0.167 e. The molecule has 0 aromatic rings. The van der Waals surface area contributed by atoms with Crippen molar-refractivity contribution in [1.29, 1.82) is 16.1 Å². The summed E-state index contributed by atoms with van der Waals surface area (Å²) in [5.41, 5.74) is 7.10. The van der Waals surface area contributed by atoms with Gasteiger partial charge in [0.25, 0.3) is 0 Å². The van der Waals surface area contributed by atoms with E-state index in [1.54, 1.807) is 34.8 Å². The van der Waals surface area contributed by atoms with Crippen LogP contribution in [0.3, 0.4) is 0 Å². The van der Waals surface area contributed by atoms with Crippen molar-refractivity contribution < 1.29 is 4.74 Å². The van der Waals surface area contributed by atoms with Gasteiger partial charge in [-0.25, -0.2) is 0 Å². The maximum absolute atomic E-state index is 9.70. The highest BCUT2D eigenvalue weighted by Crippen LogP contribution is 2.34. The molecule has 3 unspecified atom stereocenters. The predicted molar refractivity (Wildman–Crippen MR) is 119 cm³/mol. The number of hydrogen-bond donors (Lipinski definition) is 4. The number of ether oxygens (including phenoxy) is 1. The SMILES string of the molecule is COC(C)(CCC(C)(N=NC(C)(C)C(=N)N)C(=N)N)CC(C)(C#N)N=NC(C)(C)C. The van der Waals surface area contributed by atoms with Gasteiger partial charge in [-0.3, -0.25) is 10.8 Å². The van der Waals surface area contributed by atoms with Crippen molar-refractivity contribution >= 4 is 11.7 Å². The normalized spacial score (nSPS) is 19.1. The molecule has 30 heavy (non-hydrogen) atoms. The van der Waals surface area contributed by atoms with Crippen LogP contribution in [0.1, 0.15) is 74.7 Å². The van der Waals surface area contributed by atoms with Gasteiger partial charge >= 0.3 is 0 Å². The van der Waals surface area contributed by atoms with Gasteiger partial charge in [0.1, 0.15) is 22.7 Å². The fraction of sp³-hybridized carbons (Fsp3) is 0.850. The van der Waals surface area contributed by atoms with Crippen LogP contribution in [0.15, 0.2) is 20.5 Å². The van der Waals surface area contributed by atoms with Gasteiger partial charge in [0.05, 0.1) is 17.2 Å². The molecule has 0 aromatic carbocycles. The molecule has 0 saturated carbocycles. The monoisotopic (exact) mass is 421 g/mol. The molecule has 0 aromatic heterocycles. The van der Waals surface area contributed by atoms with E-state index in [-0.39, 0.29) is 11.7 Å². The Morgan fingerprint density at radius 2 is 1.40 bits per heavy atom. The third-order valence-electron chi connectivity index (χ3n) is 4.92. The molecular formula is C20H39N9O. The molecule has 6 N–H and O–H groups in total. The zero-order valence-electron chi connectivity index (χ0n) is 19.9. The number of hydrogen-bond acceptors (Lipinski definition) is 8. The molecule has 0 spiro atoms. The molecule has 3 atom stereocenters. The van der Waals surface area contributed by atoms with Gasteiger partial charge in [-0.2, -0.15) is 25.7 Å². The Morgan fingerprint density at radius 3 is 1.77 bits per heavy atom. The van der Waals surface area contributed by atoms with Crippen LogP contribution >= 0.6 is 0 Å². The highest BCUT2D eigenvalue weighted by atomic mass is 16.5. The van der Waals surface area contributed by atoms with Crippen molar-refractivity contribution in [2.75, 3.05) is 7.11 Å². The molecule has 10 heteroatoms. The average Bonchev–Trinajstić information content (AvgIpc) is 2.62.